The molecule has 0 spiro atoms. The van der Waals surface area contributed by atoms with Crippen LogP contribution < -0.4 is 4.90 Å². The molecular weight excluding hydrogens is 412 g/mol. The fourth-order valence-corrected chi connectivity index (χ4v) is 6.11. The summed E-state index contributed by atoms with van der Waals surface area (Å²) in [7, 11) is 1.67. The highest BCUT2D eigenvalue weighted by atomic mass is 32.1. The predicted molar refractivity (Wildman–Crippen MR) is 121 cm³/mol. The van der Waals surface area contributed by atoms with Gasteiger partial charge in [-0.2, -0.15) is 0 Å². The van der Waals surface area contributed by atoms with Gasteiger partial charge >= 0.3 is 0 Å². The molecule has 0 saturated carbocycles. The first-order chi connectivity index (χ1) is 14.9. The van der Waals surface area contributed by atoms with Gasteiger partial charge in [-0.3, -0.25) is 4.79 Å². The number of fused-ring (bicyclic) bond motifs is 3. The number of furan rings is 1. The Morgan fingerprint density at radius 1 is 1.26 bits per heavy atom. The molecule has 0 N–H and O–H groups in total. The Labute approximate surface area is 186 Å². The summed E-state index contributed by atoms with van der Waals surface area (Å²) in [6.45, 7) is 7.85. The van der Waals surface area contributed by atoms with Crippen LogP contribution in [-0.2, 0) is 24.2 Å². The van der Waals surface area contributed by atoms with Gasteiger partial charge in [0.25, 0.3) is 5.91 Å². The smallest absolute Gasteiger partial charge is 0.289 e. The average molecular weight is 441 g/mol. The van der Waals surface area contributed by atoms with Crippen molar-refractivity contribution in [2.75, 3.05) is 38.2 Å². The molecule has 1 amide bonds. The van der Waals surface area contributed by atoms with Crippen LogP contribution in [0.25, 0.3) is 10.2 Å². The summed E-state index contributed by atoms with van der Waals surface area (Å²) in [6, 6.07) is 3.47. The zero-order chi connectivity index (χ0) is 21.6. The molecule has 1 fully saturated rings. The van der Waals surface area contributed by atoms with Crippen molar-refractivity contribution in [3.05, 3.63) is 40.4 Å². The van der Waals surface area contributed by atoms with Crippen molar-refractivity contribution in [2.24, 2.45) is 5.41 Å². The molecular formula is C23H28N4O3S. The van der Waals surface area contributed by atoms with Crippen LogP contribution in [0.5, 0.6) is 0 Å². The molecule has 0 atom stereocenters. The van der Waals surface area contributed by atoms with E-state index in [0.717, 1.165) is 42.4 Å². The molecule has 0 bridgehead atoms. The third-order valence-corrected chi connectivity index (χ3v) is 7.45. The minimum atomic E-state index is -0.0484. The van der Waals surface area contributed by atoms with Crippen molar-refractivity contribution < 1.29 is 13.9 Å². The molecule has 4 heterocycles. The minimum Gasteiger partial charge on any atom is -0.459 e. The Morgan fingerprint density at radius 3 is 2.77 bits per heavy atom. The number of thiophene rings is 1. The Kier molecular flexibility index (Phi) is 5.22. The number of aromatic nitrogens is 2. The summed E-state index contributed by atoms with van der Waals surface area (Å²) < 4.78 is 10.6. The molecule has 0 unspecified atom stereocenters. The first-order valence-corrected chi connectivity index (χ1v) is 11.6. The number of amides is 1. The Balaban J connectivity index is 1.46. The van der Waals surface area contributed by atoms with Gasteiger partial charge in [0.2, 0.25) is 0 Å². The standard InChI is InChI=1S/C23H28N4O3S/c1-23(2)7-6-15-17(13-23)31-21-19(15)20(24-18(25-21)14-29-3)26-8-10-27(11-9-26)22(28)16-5-4-12-30-16/h4-5,12H,6-11,13-14H2,1-3H3. The van der Waals surface area contributed by atoms with Gasteiger partial charge in [-0.1, -0.05) is 13.8 Å². The van der Waals surface area contributed by atoms with Crippen LogP contribution in [0.1, 0.15) is 47.1 Å². The van der Waals surface area contributed by atoms with Crippen LogP contribution in [0.3, 0.4) is 0 Å². The lowest BCUT2D eigenvalue weighted by atomic mass is 9.77. The summed E-state index contributed by atoms with van der Waals surface area (Å²) in [5.74, 6) is 2.07. The average Bonchev–Trinajstić information content (AvgIpc) is 3.40. The maximum absolute atomic E-state index is 12.6. The summed E-state index contributed by atoms with van der Waals surface area (Å²) >= 11 is 1.81. The molecule has 31 heavy (non-hydrogen) atoms. The molecule has 7 nitrogen and oxygen atoms in total. The van der Waals surface area contributed by atoms with E-state index in [1.54, 1.807) is 25.5 Å². The molecule has 0 aromatic carbocycles. The summed E-state index contributed by atoms with van der Waals surface area (Å²) in [6.07, 6.45) is 4.88. The molecule has 164 valence electrons. The maximum Gasteiger partial charge on any atom is 0.289 e. The van der Waals surface area contributed by atoms with E-state index in [9.17, 15) is 4.79 Å². The van der Waals surface area contributed by atoms with Crippen LogP contribution in [0.15, 0.2) is 22.8 Å². The fourth-order valence-electron chi connectivity index (χ4n) is 4.62. The lowest BCUT2D eigenvalue weighted by Gasteiger charge is -2.35. The zero-order valence-corrected chi connectivity index (χ0v) is 19.1. The van der Waals surface area contributed by atoms with Gasteiger partial charge in [-0.15, -0.1) is 11.3 Å². The molecule has 1 saturated heterocycles. The van der Waals surface area contributed by atoms with Gasteiger partial charge in [-0.25, -0.2) is 9.97 Å². The van der Waals surface area contributed by atoms with E-state index in [1.165, 1.54) is 22.2 Å². The number of carbonyl (C=O) groups is 1. The van der Waals surface area contributed by atoms with Gasteiger partial charge in [0.15, 0.2) is 11.6 Å². The Hall–Kier alpha value is -2.45. The van der Waals surface area contributed by atoms with Crippen molar-refractivity contribution in [2.45, 2.75) is 39.7 Å². The van der Waals surface area contributed by atoms with Crippen molar-refractivity contribution >= 4 is 33.3 Å². The first kappa shape index (κ1) is 20.5. The number of anilines is 1. The SMILES string of the molecule is COCc1nc(N2CCN(C(=O)c3ccco3)CC2)c2c3c(sc2n1)CC(C)(C)CC3. The first-order valence-electron chi connectivity index (χ1n) is 10.8. The van der Waals surface area contributed by atoms with Crippen molar-refractivity contribution in [1.29, 1.82) is 0 Å². The predicted octanol–water partition coefficient (Wildman–Crippen LogP) is 3.91. The van der Waals surface area contributed by atoms with Crippen LogP contribution in [0.4, 0.5) is 5.82 Å². The van der Waals surface area contributed by atoms with Crippen molar-refractivity contribution in [3.8, 4) is 0 Å². The van der Waals surface area contributed by atoms with Crippen LogP contribution >= 0.6 is 11.3 Å². The van der Waals surface area contributed by atoms with Crippen LogP contribution in [0.2, 0.25) is 0 Å². The summed E-state index contributed by atoms with van der Waals surface area (Å²) in [5, 5.41) is 1.21. The molecule has 2 aliphatic rings. The maximum atomic E-state index is 12.6. The van der Waals surface area contributed by atoms with Crippen molar-refractivity contribution in [3.63, 3.8) is 0 Å². The number of piperazine rings is 1. The van der Waals surface area contributed by atoms with E-state index >= 15 is 0 Å². The van der Waals surface area contributed by atoms with Gasteiger partial charge in [0.1, 0.15) is 17.3 Å². The number of ether oxygens (including phenoxy) is 1. The topological polar surface area (TPSA) is 71.7 Å². The third-order valence-electron chi connectivity index (χ3n) is 6.32. The van der Waals surface area contributed by atoms with E-state index < -0.39 is 0 Å². The summed E-state index contributed by atoms with van der Waals surface area (Å²) in [5.41, 5.74) is 1.75. The second-order valence-electron chi connectivity index (χ2n) is 9.18. The quantitative estimate of drug-likeness (QED) is 0.613. The molecule has 1 aliphatic carbocycles. The molecule has 3 aromatic rings. The Morgan fingerprint density at radius 2 is 2.06 bits per heavy atom. The Bertz CT molecular complexity index is 1100. The molecule has 1 aliphatic heterocycles. The largest absolute Gasteiger partial charge is 0.459 e. The highest BCUT2D eigenvalue weighted by Crippen LogP contribution is 2.44. The van der Waals surface area contributed by atoms with Gasteiger partial charge in [0, 0.05) is 38.2 Å². The lowest BCUT2D eigenvalue weighted by Crippen LogP contribution is -2.49. The normalized spacial score (nSPS) is 18.4. The number of carbonyl (C=O) groups excluding carboxylic acids is 1. The number of rotatable bonds is 4. The van der Waals surface area contributed by atoms with Crippen molar-refractivity contribution in [1.82, 2.24) is 14.9 Å². The van der Waals surface area contributed by atoms with Crippen LogP contribution in [0, 0.1) is 5.41 Å². The second-order valence-corrected chi connectivity index (χ2v) is 10.3. The van der Waals surface area contributed by atoms with E-state index in [1.807, 2.05) is 16.2 Å². The molecule has 0 radical (unpaired) electrons. The van der Waals surface area contributed by atoms with E-state index in [0.29, 0.717) is 30.9 Å². The minimum absolute atomic E-state index is 0.0484. The molecule has 3 aromatic heterocycles. The second kappa shape index (κ2) is 7.91. The monoisotopic (exact) mass is 440 g/mol. The van der Waals surface area contributed by atoms with E-state index in [2.05, 4.69) is 18.7 Å². The number of aryl methyl sites for hydroxylation is 1. The van der Waals surface area contributed by atoms with Crippen LogP contribution in [-0.4, -0.2) is 54.1 Å². The van der Waals surface area contributed by atoms with E-state index in [-0.39, 0.29) is 5.91 Å². The number of hydrogen-bond acceptors (Lipinski definition) is 7. The lowest BCUT2D eigenvalue weighted by molar-refractivity contribution is 0.0714. The number of methoxy groups -OCH3 is 1. The molecule has 8 heteroatoms. The fraction of sp³-hybridized carbons (Fsp3) is 0.522. The number of nitrogens with zero attached hydrogens (tertiary/aromatic N) is 4. The summed E-state index contributed by atoms with van der Waals surface area (Å²) in [4.78, 5) is 29.1. The van der Waals surface area contributed by atoms with Gasteiger partial charge < -0.3 is 19.0 Å². The highest BCUT2D eigenvalue weighted by Gasteiger charge is 2.32. The number of hydrogen-bond donors (Lipinski definition) is 0. The third kappa shape index (κ3) is 3.83. The highest BCUT2D eigenvalue weighted by molar-refractivity contribution is 7.19. The molecule has 5 rings (SSSR count). The van der Waals surface area contributed by atoms with Gasteiger partial charge in [0.05, 0.1) is 11.6 Å². The zero-order valence-electron chi connectivity index (χ0n) is 18.3. The van der Waals surface area contributed by atoms with Gasteiger partial charge in [-0.05, 0) is 42.4 Å². The van der Waals surface area contributed by atoms with E-state index in [4.69, 9.17) is 19.1 Å².